The molecular formula is C15H33IN4. The Morgan fingerprint density at radius 3 is 2.60 bits per heavy atom. The SMILES string of the molecule is CCCCNC(N)=NCCCN(C)C1CCCCC1.I. The first kappa shape index (κ1) is 20.0. The zero-order valence-corrected chi connectivity index (χ0v) is 15.6. The second-order valence-electron chi connectivity index (χ2n) is 5.67. The van der Waals surface area contributed by atoms with Gasteiger partial charge >= 0.3 is 0 Å². The number of nitrogens with two attached hydrogens (primary N) is 1. The Kier molecular flexibility index (Phi) is 12.7. The second kappa shape index (κ2) is 12.7. The van der Waals surface area contributed by atoms with Crippen molar-refractivity contribution in [2.24, 2.45) is 10.7 Å². The van der Waals surface area contributed by atoms with Crippen molar-refractivity contribution in [3.8, 4) is 0 Å². The molecule has 0 amide bonds. The number of unbranched alkanes of at least 4 members (excludes halogenated alkanes) is 1. The Hall–Kier alpha value is -0.0400. The van der Waals surface area contributed by atoms with Gasteiger partial charge in [-0.2, -0.15) is 0 Å². The Morgan fingerprint density at radius 1 is 1.25 bits per heavy atom. The summed E-state index contributed by atoms with van der Waals surface area (Å²) in [5.41, 5.74) is 5.80. The summed E-state index contributed by atoms with van der Waals surface area (Å²) in [6.45, 7) is 5.09. The summed E-state index contributed by atoms with van der Waals surface area (Å²) < 4.78 is 0. The Morgan fingerprint density at radius 2 is 1.95 bits per heavy atom. The molecule has 1 aliphatic carbocycles. The number of halogens is 1. The van der Waals surface area contributed by atoms with Crippen LogP contribution in [0.15, 0.2) is 4.99 Å². The topological polar surface area (TPSA) is 53.6 Å². The van der Waals surface area contributed by atoms with E-state index in [4.69, 9.17) is 5.73 Å². The summed E-state index contributed by atoms with van der Waals surface area (Å²) in [5.74, 6) is 0.605. The van der Waals surface area contributed by atoms with E-state index in [1.807, 2.05) is 0 Å². The van der Waals surface area contributed by atoms with Crippen LogP contribution in [-0.4, -0.2) is 43.6 Å². The number of aliphatic imine (C=N–C) groups is 1. The molecule has 20 heavy (non-hydrogen) atoms. The maximum Gasteiger partial charge on any atom is 0.188 e. The minimum atomic E-state index is 0. The molecule has 1 fully saturated rings. The molecule has 0 atom stereocenters. The fourth-order valence-corrected chi connectivity index (χ4v) is 2.67. The molecule has 1 saturated carbocycles. The molecule has 1 aliphatic rings. The summed E-state index contributed by atoms with van der Waals surface area (Å²) in [7, 11) is 2.25. The van der Waals surface area contributed by atoms with E-state index >= 15 is 0 Å². The average Bonchev–Trinajstić information content (AvgIpc) is 2.44. The molecule has 0 aromatic carbocycles. The standard InChI is InChI=1S/C15H32N4.HI/c1-3-4-11-17-15(16)18-12-8-13-19(2)14-9-6-5-7-10-14;/h14H,3-13H2,1-2H3,(H3,16,17,18);1H. The first-order valence-corrected chi connectivity index (χ1v) is 7.98. The zero-order valence-electron chi connectivity index (χ0n) is 13.2. The Balaban J connectivity index is 0.00000361. The molecule has 5 heteroatoms. The van der Waals surface area contributed by atoms with Crippen LogP contribution in [0.25, 0.3) is 0 Å². The van der Waals surface area contributed by atoms with Crippen molar-refractivity contribution < 1.29 is 0 Å². The number of nitrogens with zero attached hydrogens (tertiary/aromatic N) is 2. The molecule has 0 aromatic heterocycles. The van der Waals surface area contributed by atoms with E-state index in [0.717, 1.165) is 38.5 Å². The molecule has 0 heterocycles. The van der Waals surface area contributed by atoms with Crippen LogP contribution in [0.5, 0.6) is 0 Å². The molecule has 0 aromatic rings. The lowest BCUT2D eigenvalue weighted by Gasteiger charge is -2.30. The van der Waals surface area contributed by atoms with E-state index < -0.39 is 0 Å². The van der Waals surface area contributed by atoms with Crippen LogP contribution < -0.4 is 11.1 Å². The molecule has 120 valence electrons. The van der Waals surface area contributed by atoms with Crippen LogP contribution in [0.4, 0.5) is 0 Å². The van der Waals surface area contributed by atoms with Crippen LogP contribution in [0.1, 0.15) is 58.3 Å². The van der Waals surface area contributed by atoms with Crippen molar-refractivity contribution in [1.29, 1.82) is 0 Å². The molecule has 0 saturated heterocycles. The molecule has 3 N–H and O–H groups in total. The van der Waals surface area contributed by atoms with Gasteiger partial charge < -0.3 is 16.0 Å². The van der Waals surface area contributed by atoms with E-state index in [-0.39, 0.29) is 24.0 Å². The third-order valence-electron chi connectivity index (χ3n) is 3.99. The number of guanidine groups is 1. The van der Waals surface area contributed by atoms with Crippen LogP contribution in [0.2, 0.25) is 0 Å². The lowest BCUT2D eigenvalue weighted by Crippen LogP contribution is -2.35. The molecule has 0 aliphatic heterocycles. The fraction of sp³-hybridized carbons (Fsp3) is 0.933. The number of nitrogens with one attached hydrogen (secondary N) is 1. The molecule has 0 unspecified atom stereocenters. The predicted octanol–water partition coefficient (Wildman–Crippen LogP) is 2.96. The Labute approximate surface area is 142 Å². The van der Waals surface area contributed by atoms with Crippen molar-refractivity contribution >= 4 is 29.9 Å². The van der Waals surface area contributed by atoms with Crippen LogP contribution in [0.3, 0.4) is 0 Å². The minimum Gasteiger partial charge on any atom is -0.370 e. The molecule has 0 bridgehead atoms. The van der Waals surface area contributed by atoms with Gasteiger partial charge in [-0.1, -0.05) is 32.6 Å². The van der Waals surface area contributed by atoms with E-state index in [2.05, 4.69) is 29.2 Å². The first-order chi connectivity index (χ1) is 9.24. The highest BCUT2D eigenvalue weighted by Crippen LogP contribution is 2.21. The second-order valence-corrected chi connectivity index (χ2v) is 5.67. The van der Waals surface area contributed by atoms with Crippen molar-refractivity contribution in [2.75, 3.05) is 26.7 Å². The molecule has 1 rings (SSSR count). The van der Waals surface area contributed by atoms with Gasteiger partial charge in [-0.25, -0.2) is 0 Å². The summed E-state index contributed by atoms with van der Waals surface area (Å²) in [4.78, 5) is 6.88. The zero-order chi connectivity index (χ0) is 13.9. The van der Waals surface area contributed by atoms with Crippen molar-refractivity contribution in [1.82, 2.24) is 10.2 Å². The third-order valence-corrected chi connectivity index (χ3v) is 3.99. The van der Waals surface area contributed by atoms with Crippen LogP contribution in [-0.2, 0) is 0 Å². The lowest BCUT2D eigenvalue weighted by molar-refractivity contribution is 0.191. The number of hydrogen-bond acceptors (Lipinski definition) is 2. The number of rotatable bonds is 8. The van der Waals surface area contributed by atoms with Gasteiger partial charge in [0.1, 0.15) is 0 Å². The van der Waals surface area contributed by atoms with Crippen LogP contribution in [0, 0.1) is 0 Å². The van der Waals surface area contributed by atoms with E-state index in [1.165, 1.54) is 38.5 Å². The monoisotopic (exact) mass is 396 g/mol. The van der Waals surface area contributed by atoms with Gasteiger partial charge in [0.15, 0.2) is 5.96 Å². The maximum absolute atomic E-state index is 5.80. The van der Waals surface area contributed by atoms with Crippen molar-refractivity contribution in [3.63, 3.8) is 0 Å². The highest BCUT2D eigenvalue weighted by atomic mass is 127. The van der Waals surface area contributed by atoms with Gasteiger partial charge in [-0.15, -0.1) is 24.0 Å². The summed E-state index contributed by atoms with van der Waals surface area (Å²) >= 11 is 0. The van der Waals surface area contributed by atoms with E-state index in [9.17, 15) is 0 Å². The van der Waals surface area contributed by atoms with Crippen LogP contribution >= 0.6 is 24.0 Å². The molecular weight excluding hydrogens is 363 g/mol. The van der Waals surface area contributed by atoms with Gasteiger partial charge in [0.2, 0.25) is 0 Å². The normalized spacial score (nSPS) is 17.1. The summed E-state index contributed by atoms with van der Waals surface area (Å²) in [6.07, 6.45) is 10.4. The van der Waals surface area contributed by atoms with Crippen molar-refractivity contribution in [3.05, 3.63) is 0 Å². The van der Waals surface area contributed by atoms with Gasteiger partial charge in [0.05, 0.1) is 0 Å². The highest BCUT2D eigenvalue weighted by Gasteiger charge is 2.16. The van der Waals surface area contributed by atoms with Gasteiger partial charge in [-0.3, -0.25) is 4.99 Å². The maximum atomic E-state index is 5.80. The minimum absolute atomic E-state index is 0. The van der Waals surface area contributed by atoms with E-state index in [1.54, 1.807) is 0 Å². The van der Waals surface area contributed by atoms with E-state index in [0.29, 0.717) is 5.96 Å². The number of hydrogen-bond donors (Lipinski definition) is 2. The quantitative estimate of drug-likeness (QED) is 0.287. The molecule has 0 spiro atoms. The highest BCUT2D eigenvalue weighted by molar-refractivity contribution is 14.0. The predicted molar refractivity (Wildman–Crippen MR) is 98.9 cm³/mol. The lowest BCUT2D eigenvalue weighted by atomic mass is 9.94. The largest absolute Gasteiger partial charge is 0.370 e. The fourth-order valence-electron chi connectivity index (χ4n) is 2.67. The molecule has 4 nitrogen and oxygen atoms in total. The summed E-state index contributed by atoms with van der Waals surface area (Å²) in [5, 5.41) is 3.15. The third kappa shape index (κ3) is 9.00. The first-order valence-electron chi connectivity index (χ1n) is 7.98. The van der Waals surface area contributed by atoms with Crippen molar-refractivity contribution in [2.45, 2.75) is 64.3 Å². The van der Waals surface area contributed by atoms with Gasteiger partial charge in [-0.05, 0) is 39.3 Å². The van der Waals surface area contributed by atoms with Gasteiger partial charge in [0, 0.05) is 19.1 Å². The average molecular weight is 396 g/mol. The smallest absolute Gasteiger partial charge is 0.188 e. The molecule has 0 radical (unpaired) electrons. The summed E-state index contributed by atoms with van der Waals surface area (Å²) in [6, 6.07) is 0.803. The van der Waals surface area contributed by atoms with Gasteiger partial charge in [0.25, 0.3) is 0 Å². The Bertz CT molecular complexity index is 252.